The van der Waals surface area contributed by atoms with Crippen LogP contribution >= 0.6 is 11.6 Å². The van der Waals surface area contributed by atoms with Gasteiger partial charge in [-0.25, -0.2) is 4.39 Å². The number of pyridine rings is 1. The van der Waals surface area contributed by atoms with Crippen LogP contribution in [-0.2, 0) is 0 Å². The van der Waals surface area contributed by atoms with Gasteiger partial charge in [0.05, 0.1) is 27.5 Å². The molecule has 0 unspecified atom stereocenters. The highest BCUT2D eigenvalue weighted by molar-refractivity contribution is 6.31. The summed E-state index contributed by atoms with van der Waals surface area (Å²) in [7, 11) is 0. The van der Waals surface area contributed by atoms with Crippen molar-refractivity contribution in [1.82, 2.24) is 4.98 Å². The van der Waals surface area contributed by atoms with Crippen LogP contribution < -0.4 is 5.32 Å². The molecule has 0 aliphatic rings. The Morgan fingerprint density at radius 1 is 1.14 bits per heavy atom. The molecule has 3 nitrogen and oxygen atoms in total. The molecule has 1 N–H and O–H groups in total. The first kappa shape index (κ1) is 13.3. The van der Waals surface area contributed by atoms with Crippen LogP contribution in [0.2, 0.25) is 5.02 Å². The summed E-state index contributed by atoms with van der Waals surface area (Å²) in [5, 5.41) is 13.0. The number of hydrogen-bond acceptors (Lipinski definition) is 3. The summed E-state index contributed by atoms with van der Waals surface area (Å²) < 4.78 is 14.0. The molecule has 1 aromatic heterocycles. The van der Waals surface area contributed by atoms with Crippen molar-refractivity contribution in [2.75, 3.05) is 5.32 Å². The third-order valence-corrected chi connectivity index (χ3v) is 3.40. The van der Waals surface area contributed by atoms with E-state index in [0.29, 0.717) is 11.3 Å². The van der Waals surface area contributed by atoms with Gasteiger partial charge in [0.2, 0.25) is 0 Å². The van der Waals surface area contributed by atoms with E-state index in [9.17, 15) is 9.65 Å². The number of benzene rings is 2. The number of nitrogens with zero attached hydrogens (tertiary/aromatic N) is 2. The fourth-order valence-corrected chi connectivity index (χ4v) is 2.27. The van der Waals surface area contributed by atoms with Gasteiger partial charge < -0.3 is 5.32 Å². The SMILES string of the molecule is N#Cc1cnc2ccccc2c1Nc1cccc(Cl)c1F. The highest BCUT2D eigenvalue weighted by Crippen LogP contribution is 2.31. The van der Waals surface area contributed by atoms with Gasteiger partial charge in [-0.05, 0) is 18.2 Å². The summed E-state index contributed by atoms with van der Waals surface area (Å²) in [6.07, 6.45) is 1.47. The Balaban J connectivity index is 2.20. The molecule has 1 heterocycles. The zero-order valence-electron chi connectivity index (χ0n) is 10.8. The van der Waals surface area contributed by atoms with Crippen LogP contribution in [0.25, 0.3) is 10.9 Å². The summed E-state index contributed by atoms with van der Waals surface area (Å²) in [5.41, 5.74) is 1.80. The second kappa shape index (κ2) is 5.39. The van der Waals surface area contributed by atoms with Gasteiger partial charge in [-0.3, -0.25) is 4.98 Å². The molecule has 0 aliphatic carbocycles. The van der Waals surface area contributed by atoms with Gasteiger partial charge in [-0.2, -0.15) is 5.26 Å². The van der Waals surface area contributed by atoms with E-state index in [1.807, 2.05) is 24.3 Å². The van der Waals surface area contributed by atoms with Crippen LogP contribution in [0.5, 0.6) is 0 Å². The molecular formula is C16H9ClFN3. The maximum absolute atomic E-state index is 14.0. The van der Waals surface area contributed by atoms with Crippen molar-refractivity contribution in [2.24, 2.45) is 0 Å². The molecule has 0 spiro atoms. The number of anilines is 2. The van der Waals surface area contributed by atoms with Crippen molar-refractivity contribution in [2.45, 2.75) is 0 Å². The lowest BCUT2D eigenvalue weighted by atomic mass is 10.1. The maximum atomic E-state index is 14.0. The van der Waals surface area contributed by atoms with Crippen molar-refractivity contribution < 1.29 is 4.39 Å². The second-order valence-corrected chi connectivity index (χ2v) is 4.81. The fraction of sp³-hybridized carbons (Fsp3) is 0. The average Bonchev–Trinajstić information content (AvgIpc) is 2.52. The molecule has 3 aromatic rings. The molecule has 0 aliphatic heterocycles. The minimum absolute atomic E-state index is 0.0249. The third kappa shape index (κ3) is 2.39. The largest absolute Gasteiger partial charge is 0.351 e. The predicted octanol–water partition coefficient (Wildman–Crippen LogP) is 4.64. The molecule has 21 heavy (non-hydrogen) atoms. The molecule has 102 valence electrons. The normalized spacial score (nSPS) is 10.3. The maximum Gasteiger partial charge on any atom is 0.165 e. The molecule has 5 heteroatoms. The Morgan fingerprint density at radius 2 is 1.95 bits per heavy atom. The summed E-state index contributed by atoms with van der Waals surface area (Å²) in [6, 6.07) is 14.1. The average molecular weight is 298 g/mol. The van der Waals surface area contributed by atoms with E-state index in [1.54, 1.807) is 12.1 Å². The van der Waals surface area contributed by atoms with Crippen LogP contribution in [0.4, 0.5) is 15.8 Å². The molecule has 3 rings (SSSR count). The number of nitriles is 1. The Hall–Kier alpha value is -2.64. The molecule has 0 saturated carbocycles. The van der Waals surface area contributed by atoms with Gasteiger partial charge in [-0.15, -0.1) is 0 Å². The van der Waals surface area contributed by atoms with Crippen LogP contribution in [-0.4, -0.2) is 4.98 Å². The van der Waals surface area contributed by atoms with Crippen molar-refractivity contribution in [3.63, 3.8) is 0 Å². The molecule has 0 fully saturated rings. The fourth-order valence-electron chi connectivity index (χ4n) is 2.10. The number of aromatic nitrogens is 1. The van der Waals surface area contributed by atoms with E-state index in [2.05, 4.69) is 16.4 Å². The van der Waals surface area contributed by atoms with Crippen LogP contribution in [0, 0.1) is 17.1 Å². The minimum atomic E-state index is -0.552. The van der Waals surface area contributed by atoms with Crippen molar-refractivity contribution in [3.05, 3.63) is 65.1 Å². The summed E-state index contributed by atoms with van der Waals surface area (Å²) in [6.45, 7) is 0. The van der Waals surface area contributed by atoms with Crippen molar-refractivity contribution >= 4 is 33.9 Å². The first-order chi connectivity index (χ1) is 10.2. The standard InChI is InChI=1S/C16H9ClFN3/c17-12-5-3-7-14(15(12)18)21-16-10(8-19)9-20-13-6-2-1-4-11(13)16/h1-7,9H,(H,20,21). The molecule has 0 amide bonds. The number of para-hydroxylation sites is 1. The van der Waals surface area contributed by atoms with Crippen molar-refractivity contribution in [1.29, 1.82) is 5.26 Å². The molecule has 0 radical (unpaired) electrons. The number of nitrogens with one attached hydrogen (secondary N) is 1. The minimum Gasteiger partial charge on any atom is -0.351 e. The lowest BCUT2D eigenvalue weighted by Crippen LogP contribution is -1.99. The summed E-state index contributed by atoms with van der Waals surface area (Å²) in [4.78, 5) is 4.21. The number of hydrogen-bond donors (Lipinski definition) is 1. The summed E-state index contributed by atoms with van der Waals surface area (Å²) in [5.74, 6) is -0.552. The van der Waals surface area contributed by atoms with E-state index >= 15 is 0 Å². The molecular weight excluding hydrogens is 289 g/mol. The van der Waals surface area contributed by atoms with Crippen LogP contribution in [0.15, 0.2) is 48.7 Å². The van der Waals surface area contributed by atoms with Crippen LogP contribution in [0.1, 0.15) is 5.56 Å². The summed E-state index contributed by atoms with van der Waals surface area (Å²) >= 11 is 5.78. The molecule has 0 bridgehead atoms. The van der Waals surface area contributed by atoms with Gasteiger partial charge in [0, 0.05) is 11.6 Å². The zero-order valence-corrected chi connectivity index (χ0v) is 11.5. The third-order valence-electron chi connectivity index (χ3n) is 3.11. The second-order valence-electron chi connectivity index (χ2n) is 4.40. The van der Waals surface area contributed by atoms with E-state index < -0.39 is 5.82 Å². The smallest absolute Gasteiger partial charge is 0.165 e. The lowest BCUT2D eigenvalue weighted by Gasteiger charge is -2.12. The number of fused-ring (bicyclic) bond motifs is 1. The highest BCUT2D eigenvalue weighted by Gasteiger charge is 2.12. The lowest BCUT2D eigenvalue weighted by molar-refractivity contribution is 0.632. The quantitative estimate of drug-likeness (QED) is 0.749. The first-order valence-electron chi connectivity index (χ1n) is 6.19. The number of halogens is 2. The Labute approximate surface area is 125 Å². The van der Waals surface area contributed by atoms with Gasteiger partial charge >= 0.3 is 0 Å². The van der Waals surface area contributed by atoms with E-state index in [-0.39, 0.29) is 10.7 Å². The predicted molar refractivity (Wildman–Crippen MR) is 81.2 cm³/mol. The van der Waals surface area contributed by atoms with E-state index in [1.165, 1.54) is 12.3 Å². The van der Waals surface area contributed by atoms with Crippen LogP contribution in [0.3, 0.4) is 0 Å². The highest BCUT2D eigenvalue weighted by atomic mass is 35.5. The van der Waals surface area contributed by atoms with E-state index in [4.69, 9.17) is 11.6 Å². The number of rotatable bonds is 2. The zero-order chi connectivity index (χ0) is 14.8. The molecule has 2 aromatic carbocycles. The topological polar surface area (TPSA) is 48.7 Å². The Kier molecular flexibility index (Phi) is 3.43. The van der Waals surface area contributed by atoms with Crippen molar-refractivity contribution in [3.8, 4) is 6.07 Å². The Bertz CT molecular complexity index is 871. The molecule has 0 atom stereocenters. The monoisotopic (exact) mass is 297 g/mol. The van der Waals surface area contributed by atoms with Gasteiger partial charge in [0.1, 0.15) is 6.07 Å². The first-order valence-corrected chi connectivity index (χ1v) is 6.57. The van der Waals surface area contributed by atoms with Gasteiger partial charge in [0.25, 0.3) is 0 Å². The Morgan fingerprint density at radius 3 is 2.76 bits per heavy atom. The van der Waals surface area contributed by atoms with Gasteiger partial charge in [0.15, 0.2) is 5.82 Å². The van der Waals surface area contributed by atoms with E-state index in [0.717, 1.165) is 10.9 Å². The molecule has 0 saturated heterocycles. The van der Waals surface area contributed by atoms with Gasteiger partial charge in [-0.1, -0.05) is 35.9 Å².